The Morgan fingerprint density at radius 2 is 1.54 bits per heavy atom. The van der Waals surface area contributed by atoms with Gasteiger partial charge in [0.05, 0.1) is 5.60 Å². The van der Waals surface area contributed by atoms with Gasteiger partial charge in [-0.15, -0.1) is 0 Å². The summed E-state index contributed by atoms with van der Waals surface area (Å²) in [6.07, 6.45) is 4.49. The zero-order valence-electron chi connectivity index (χ0n) is 18.9. The number of alkyl carbamates (subject to hydrolysis) is 1. The molecule has 2 unspecified atom stereocenters. The highest BCUT2D eigenvalue weighted by Crippen LogP contribution is 2.51. The van der Waals surface area contributed by atoms with Crippen LogP contribution in [0.2, 0.25) is 0 Å². The molecule has 0 aromatic heterocycles. The molecule has 3 N–H and O–H groups in total. The van der Waals surface area contributed by atoms with Crippen molar-refractivity contribution in [1.29, 1.82) is 0 Å². The molecule has 0 spiro atoms. The molecule has 2 atom stereocenters. The monoisotopic (exact) mass is 396 g/mol. The topological polar surface area (TPSA) is 84.0 Å². The minimum absolute atomic E-state index is 0.0361. The zero-order chi connectivity index (χ0) is 21.2. The van der Waals surface area contributed by atoms with Gasteiger partial charge < -0.3 is 25.4 Å². The number of carbonyl (C=O) groups excluding carboxylic acids is 1. The van der Waals surface area contributed by atoms with Crippen molar-refractivity contribution >= 4 is 12.1 Å². The van der Waals surface area contributed by atoms with Crippen LogP contribution in [0.15, 0.2) is 4.99 Å². The van der Waals surface area contributed by atoms with Crippen LogP contribution in [0.25, 0.3) is 0 Å². The van der Waals surface area contributed by atoms with Gasteiger partial charge in [0.15, 0.2) is 5.96 Å². The van der Waals surface area contributed by atoms with Gasteiger partial charge in [0, 0.05) is 37.7 Å². The van der Waals surface area contributed by atoms with Gasteiger partial charge in [-0.2, -0.15) is 0 Å². The smallest absolute Gasteiger partial charge is 0.407 e. The van der Waals surface area contributed by atoms with E-state index in [-0.39, 0.29) is 23.2 Å². The van der Waals surface area contributed by atoms with E-state index in [1.165, 1.54) is 0 Å². The van der Waals surface area contributed by atoms with Crippen molar-refractivity contribution < 1.29 is 14.3 Å². The van der Waals surface area contributed by atoms with Crippen LogP contribution >= 0.6 is 0 Å². The number of hydrogen-bond donors (Lipinski definition) is 3. The van der Waals surface area contributed by atoms with Crippen molar-refractivity contribution in [2.45, 2.75) is 103 Å². The van der Waals surface area contributed by atoms with Crippen LogP contribution in [0.1, 0.15) is 73.6 Å². The van der Waals surface area contributed by atoms with E-state index in [1.54, 1.807) is 7.11 Å². The normalized spacial score (nSPS) is 32.9. The summed E-state index contributed by atoms with van der Waals surface area (Å²) >= 11 is 0. The molecule has 2 rings (SSSR count). The van der Waals surface area contributed by atoms with E-state index in [4.69, 9.17) is 9.47 Å². The fraction of sp³-hybridized carbons (Fsp3) is 0.905. The number of ether oxygens (including phenoxy) is 2. The molecule has 0 aliphatic heterocycles. The molecule has 2 fully saturated rings. The maximum Gasteiger partial charge on any atom is 0.407 e. The number of carbonyl (C=O) groups is 1. The Kier molecular flexibility index (Phi) is 6.90. The summed E-state index contributed by atoms with van der Waals surface area (Å²) in [7, 11) is 3.60. The molecule has 7 nitrogen and oxygen atoms in total. The molecule has 162 valence electrons. The van der Waals surface area contributed by atoms with Gasteiger partial charge in [-0.05, 0) is 59.8 Å². The number of nitrogens with one attached hydrogen (secondary N) is 3. The molecule has 0 heterocycles. The lowest BCUT2D eigenvalue weighted by Gasteiger charge is -2.59. The summed E-state index contributed by atoms with van der Waals surface area (Å²) in [4.78, 5) is 16.4. The van der Waals surface area contributed by atoms with Crippen LogP contribution in [0.4, 0.5) is 4.79 Å². The van der Waals surface area contributed by atoms with E-state index in [2.05, 4.69) is 41.7 Å². The third kappa shape index (κ3) is 5.31. The molecular weight excluding hydrogens is 356 g/mol. The van der Waals surface area contributed by atoms with Crippen LogP contribution in [0.3, 0.4) is 0 Å². The van der Waals surface area contributed by atoms with Gasteiger partial charge in [-0.1, -0.05) is 13.8 Å². The molecule has 0 bridgehead atoms. The van der Waals surface area contributed by atoms with Crippen molar-refractivity contribution in [2.24, 2.45) is 10.4 Å². The summed E-state index contributed by atoms with van der Waals surface area (Å²) in [6, 6.07) is 0.865. The highest BCUT2D eigenvalue weighted by atomic mass is 16.6. The number of hydrogen-bond acceptors (Lipinski definition) is 4. The molecule has 0 aromatic rings. The summed E-state index contributed by atoms with van der Waals surface area (Å²) in [6.45, 7) is 12.3. The Labute approximate surface area is 170 Å². The van der Waals surface area contributed by atoms with E-state index in [0.717, 1.165) is 38.1 Å². The summed E-state index contributed by atoms with van der Waals surface area (Å²) in [5.74, 6) is 0.847. The number of nitrogens with zero attached hydrogens (tertiary/aromatic N) is 1. The van der Waals surface area contributed by atoms with Crippen LogP contribution in [-0.4, -0.2) is 55.5 Å². The summed E-state index contributed by atoms with van der Waals surface area (Å²) < 4.78 is 11.1. The summed E-state index contributed by atoms with van der Waals surface area (Å²) in [5, 5.41) is 10.1. The van der Waals surface area contributed by atoms with Crippen LogP contribution in [0, 0.1) is 5.41 Å². The molecule has 0 aromatic carbocycles. The SMILES string of the molecule is CN=C(NC1CCC(NC(=O)OC(C)(C)C)CC1)NC1CC(C)(OC)C1(C)C. The van der Waals surface area contributed by atoms with Crippen molar-refractivity contribution in [1.82, 2.24) is 16.0 Å². The highest BCUT2D eigenvalue weighted by Gasteiger charge is 2.58. The van der Waals surface area contributed by atoms with E-state index >= 15 is 0 Å². The lowest BCUT2D eigenvalue weighted by molar-refractivity contribution is -0.176. The van der Waals surface area contributed by atoms with Crippen molar-refractivity contribution in [3.05, 3.63) is 0 Å². The first-order valence-corrected chi connectivity index (χ1v) is 10.4. The first-order chi connectivity index (χ1) is 12.9. The van der Waals surface area contributed by atoms with Crippen LogP contribution in [0.5, 0.6) is 0 Å². The van der Waals surface area contributed by atoms with Gasteiger partial charge in [-0.3, -0.25) is 4.99 Å². The van der Waals surface area contributed by atoms with E-state index in [1.807, 2.05) is 27.8 Å². The molecule has 2 aliphatic rings. The number of rotatable bonds is 4. The Hall–Kier alpha value is -1.50. The second kappa shape index (κ2) is 8.47. The van der Waals surface area contributed by atoms with Crippen LogP contribution < -0.4 is 16.0 Å². The number of amides is 1. The first-order valence-electron chi connectivity index (χ1n) is 10.4. The average molecular weight is 397 g/mol. The fourth-order valence-electron chi connectivity index (χ4n) is 4.11. The number of methoxy groups -OCH3 is 1. The second-order valence-electron chi connectivity index (χ2n) is 9.97. The van der Waals surface area contributed by atoms with Gasteiger partial charge in [-0.25, -0.2) is 4.79 Å². The Morgan fingerprint density at radius 1 is 1.00 bits per heavy atom. The maximum absolute atomic E-state index is 11.9. The largest absolute Gasteiger partial charge is 0.444 e. The van der Waals surface area contributed by atoms with E-state index in [0.29, 0.717) is 12.1 Å². The zero-order valence-corrected chi connectivity index (χ0v) is 18.9. The molecule has 1 amide bonds. The third-order valence-corrected chi connectivity index (χ3v) is 6.60. The Morgan fingerprint density at radius 3 is 1.96 bits per heavy atom. The molecule has 0 saturated heterocycles. The quantitative estimate of drug-likeness (QED) is 0.502. The molecule has 2 aliphatic carbocycles. The average Bonchev–Trinajstić information content (AvgIpc) is 2.60. The highest BCUT2D eigenvalue weighted by molar-refractivity contribution is 5.80. The standard InChI is InChI=1S/C21H40N4O3/c1-19(2,3)28-18(26)24-15-11-9-14(10-12-15)23-17(22-7)25-16-13-21(6,27-8)20(16,4)5/h14-16H,9-13H2,1-8H3,(H,24,26)(H2,22,23,25). The van der Waals surface area contributed by atoms with Gasteiger partial charge >= 0.3 is 6.09 Å². The molecule has 28 heavy (non-hydrogen) atoms. The maximum atomic E-state index is 11.9. The molecule has 7 heteroatoms. The Balaban J connectivity index is 1.77. The van der Waals surface area contributed by atoms with Gasteiger partial charge in [0.2, 0.25) is 0 Å². The number of aliphatic imine (C=N–C) groups is 1. The third-order valence-electron chi connectivity index (χ3n) is 6.60. The first kappa shape index (κ1) is 22.8. The molecule has 2 saturated carbocycles. The lowest BCUT2D eigenvalue weighted by atomic mass is 9.56. The summed E-state index contributed by atoms with van der Waals surface area (Å²) in [5.41, 5.74) is -0.529. The minimum atomic E-state index is -0.463. The van der Waals surface area contributed by atoms with E-state index < -0.39 is 5.60 Å². The molecule has 0 radical (unpaired) electrons. The van der Waals surface area contributed by atoms with Gasteiger partial charge in [0.25, 0.3) is 0 Å². The van der Waals surface area contributed by atoms with Gasteiger partial charge in [0.1, 0.15) is 5.60 Å². The van der Waals surface area contributed by atoms with Crippen molar-refractivity contribution in [3.63, 3.8) is 0 Å². The predicted molar refractivity (Wildman–Crippen MR) is 113 cm³/mol. The fourth-order valence-corrected chi connectivity index (χ4v) is 4.11. The Bertz CT molecular complexity index is 577. The van der Waals surface area contributed by atoms with Crippen LogP contribution in [-0.2, 0) is 9.47 Å². The lowest BCUT2D eigenvalue weighted by Crippen LogP contribution is -2.69. The predicted octanol–water partition coefficient (Wildman–Crippen LogP) is 3.19. The number of guanidine groups is 1. The van der Waals surface area contributed by atoms with Crippen molar-refractivity contribution in [2.75, 3.05) is 14.2 Å². The minimum Gasteiger partial charge on any atom is -0.444 e. The van der Waals surface area contributed by atoms with E-state index in [9.17, 15) is 4.79 Å². The second-order valence-corrected chi connectivity index (χ2v) is 9.97. The molecular formula is C21H40N4O3. The van der Waals surface area contributed by atoms with Crippen molar-refractivity contribution in [3.8, 4) is 0 Å².